The van der Waals surface area contributed by atoms with E-state index in [0.717, 1.165) is 5.46 Å². The largest absolute Gasteiger partial charge is 0.494 e. The van der Waals surface area contributed by atoms with Crippen LogP contribution in [0.25, 0.3) is 0 Å². The lowest BCUT2D eigenvalue weighted by Gasteiger charge is -2.32. The number of rotatable bonds is 4. The lowest BCUT2D eigenvalue weighted by atomic mass is 9.78. The van der Waals surface area contributed by atoms with E-state index in [1.54, 1.807) is 18.2 Å². The molecule has 0 radical (unpaired) electrons. The molecule has 1 aromatic rings. The summed E-state index contributed by atoms with van der Waals surface area (Å²) in [6.07, 6.45) is 0.679. The lowest BCUT2D eigenvalue weighted by molar-refractivity contribution is -0.113. The van der Waals surface area contributed by atoms with E-state index in [1.807, 2.05) is 27.7 Å². The summed E-state index contributed by atoms with van der Waals surface area (Å²) >= 11 is 5.45. The van der Waals surface area contributed by atoms with Crippen LogP contribution in [-0.4, -0.2) is 36.4 Å². The SMILES string of the molecule is CC1(C)OB(c2ccc(NC(=O)CCl)c(C=O)c2)OC1(C)C. The molecule has 7 heteroatoms. The fourth-order valence-electron chi connectivity index (χ4n) is 2.10. The van der Waals surface area contributed by atoms with Crippen molar-refractivity contribution in [2.75, 3.05) is 11.2 Å². The number of carbonyl (C=O) groups is 2. The van der Waals surface area contributed by atoms with Gasteiger partial charge in [0.15, 0.2) is 6.29 Å². The predicted molar refractivity (Wildman–Crippen MR) is 86.9 cm³/mol. The fraction of sp³-hybridized carbons (Fsp3) is 0.467. The quantitative estimate of drug-likeness (QED) is 0.523. The van der Waals surface area contributed by atoms with E-state index in [9.17, 15) is 9.59 Å². The first kappa shape index (κ1) is 17.0. The molecule has 1 aliphatic rings. The highest BCUT2D eigenvalue weighted by Crippen LogP contribution is 2.36. The molecular formula is C15H19BClNO4. The van der Waals surface area contributed by atoms with Gasteiger partial charge >= 0.3 is 7.12 Å². The van der Waals surface area contributed by atoms with Crippen molar-refractivity contribution in [3.8, 4) is 0 Å². The van der Waals surface area contributed by atoms with Gasteiger partial charge in [0.25, 0.3) is 0 Å². The summed E-state index contributed by atoms with van der Waals surface area (Å²) < 4.78 is 11.9. The molecule has 0 saturated carbocycles. The molecule has 1 aliphatic heterocycles. The predicted octanol–water partition coefficient (Wildman–Crippen LogP) is 1.98. The molecule has 0 atom stereocenters. The van der Waals surface area contributed by atoms with Gasteiger partial charge in [0, 0.05) is 5.56 Å². The molecule has 0 spiro atoms. The van der Waals surface area contributed by atoms with Crippen LogP contribution in [0.4, 0.5) is 5.69 Å². The van der Waals surface area contributed by atoms with Gasteiger partial charge in [0.05, 0.1) is 16.9 Å². The minimum absolute atomic E-state index is 0.169. The molecule has 0 aliphatic carbocycles. The standard InChI is InChI=1S/C15H19BClNO4/c1-14(2)15(3,4)22-16(21-14)11-5-6-12(10(7-11)9-19)18-13(20)8-17/h5-7,9H,8H2,1-4H3,(H,18,20). The summed E-state index contributed by atoms with van der Waals surface area (Å²) in [5.41, 5.74) is 0.589. The number of benzene rings is 1. The number of hydrogen-bond acceptors (Lipinski definition) is 4. The average Bonchev–Trinajstić information content (AvgIpc) is 2.67. The van der Waals surface area contributed by atoms with Gasteiger partial charge in [-0.3, -0.25) is 9.59 Å². The molecule has 0 unspecified atom stereocenters. The molecule has 1 heterocycles. The number of hydrogen-bond donors (Lipinski definition) is 1. The minimum atomic E-state index is -0.554. The normalized spacial score (nSPS) is 19.0. The zero-order valence-corrected chi connectivity index (χ0v) is 13.9. The molecule has 5 nitrogen and oxygen atoms in total. The molecule has 1 amide bonds. The summed E-state index contributed by atoms with van der Waals surface area (Å²) in [6, 6.07) is 5.06. The van der Waals surface area contributed by atoms with E-state index >= 15 is 0 Å². The van der Waals surface area contributed by atoms with Gasteiger partial charge in [-0.15, -0.1) is 11.6 Å². The lowest BCUT2D eigenvalue weighted by Crippen LogP contribution is -2.41. The second-order valence-corrected chi connectivity index (χ2v) is 6.50. The summed E-state index contributed by atoms with van der Waals surface area (Å²) in [6.45, 7) is 7.84. The zero-order chi connectivity index (χ0) is 16.5. The number of halogens is 1. The van der Waals surface area contributed by atoms with Gasteiger partial charge in [0.2, 0.25) is 5.91 Å². The Morgan fingerprint density at radius 3 is 2.36 bits per heavy atom. The molecule has 2 rings (SSSR count). The van der Waals surface area contributed by atoms with Crippen molar-refractivity contribution in [3.05, 3.63) is 23.8 Å². The van der Waals surface area contributed by atoms with Crippen molar-refractivity contribution in [3.63, 3.8) is 0 Å². The molecular weight excluding hydrogens is 304 g/mol. The zero-order valence-electron chi connectivity index (χ0n) is 13.1. The van der Waals surface area contributed by atoms with Crippen LogP contribution >= 0.6 is 11.6 Å². The Morgan fingerprint density at radius 1 is 1.27 bits per heavy atom. The van der Waals surface area contributed by atoms with Crippen LogP contribution in [0, 0.1) is 0 Å². The van der Waals surface area contributed by atoms with Gasteiger partial charge in [0.1, 0.15) is 5.88 Å². The Morgan fingerprint density at radius 2 is 1.86 bits per heavy atom. The number of anilines is 1. The monoisotopic (exact) mass is 323 g/mol. The molecule has 22 heavy (non-hydrogen) atoms. The Bertz CT molecular complexity index is 587. The molecule has 1 fully saturated rings. The van der Waals surface area contributed by atoms with Crippen molar-refractivity contribution in [1.29, 1.82) is 0 Å². The highest BCUT2D eigenvalue weighted by Gasteiger charge is 2.51. The molecule has 1 N–H and O–H groups in total. The van der Waals surface area contributed by atoms with E-state index < -0.39 is 18.3 Å². The first-order chi connectivity index (χ1) is 10.2. The maximum absolute atomic E-state index is 11.4. The van der Waals surface area contributed by atoms with E-state index in [1.165, 1.54) is 0 Å². The van der Waals surface area contributed by atoms with Crippen molar-refractivity contribution in [2.45, 2.75) is 38.9 Å². The number of alkyl halides is 1. The van der Waals surface area contributed by atoms with Gasteiger partial charge in [-0.1, -0.05) is 6.07 Å². The van der Waals surface area contributed by atoms with Crippen molar-refractivity contribution >= 4 is 42.1 Å². The van der Waals surface area contributed by atoms with Gasteiger partial charge in [-0.25, -0.2) is 0 Å². The van der Waals surface area contributed by atoms with Gasteiger partial charge < -0.3 is 14.6 Å². The van der Waals surface area contributed by atoms with Crippen LogP contribution in [0.5, 0.6) is 0 Å². The summed E-state index contributed by atoms with van der Waals surface area (Å²) in [5.74, 6) is -0.537. The molecule has 0 bridgehead atoms. The van der Waals surface area contributed by atoms with Gasteiger partial charge in [-0.2, -0.15) is 0 Å². The smallest absolute Gasteiger partial charge is 0.399 e. The van der Waals surface area contributed by atoms with Crippen molar-refractivity contribution < 1.29 is 18.9 Å². The number of amides is 1. The Labute approximate surface area is 135 Å². The van der Waals surface area contributed by atoms with Crippen LogP contribution in [0.1, 0.15) is 38.1 Å². The Balaban J connectivity index is 2.28. The molecule has 0 aromatic heterocycles. The maximum Gasteiger partial charge on any atom is 0.494 e. The number of nitrogens with one attached hydrogen (secondary N) is 1. The maximum atomic E-state index is 11.4. The van der Waals surface area contributed by atoms with Crippen LogP contribution in [-0.2, 0) is 14.1 Å². The first-order valence-corrected chi connectivity index (χ1v) is 7.54. The van der Waals surface area contributed by atoms with Crippen LogP contribution < -0.4 is 10.8 Å². The highest BCUT2D eigenvalue weighted by molar-refractivity contribution is 6.62. The van der Waals surface area contributed by atoms with Crippen molar-refractivity contribution in [1.82, 2.24) is 0 Å². The third kappa shape index (κ3) is 3.19. The molecule has 1 aromatic carbocycles. The van der Waals surface area contributed by atoms with E-state index in [4.69, 9.17) is 20.9 Å². The van der Waals surface area contributed by atoms with Crippen LogP contribution in [0.3, 0.4) is 0 Å². The van der Waals surface area contributed by atoms with Crippen LogP contribution in [0.2, 0.25) is 0 Å². The molecule has 118 valence electrons. The van der Waals surface area contributed by atoms with E-state index in [-0.39, 0.29) is 11.8 Å². The van der Waals surface area contributed by atoms with E-state index in [2.05, 4.69) is 5.32 Å². The summed E-state index contributed by atoms with van der Waals surface area (Å²) in [5, 5.41) is 2.58. The fourth-order valence-corrected chi connectivity index (χ4v) is 2.17. The minimum Gasteiger partial charge on any atom is -0.399 e. The van der Waals surface area contributed by atoms with Crippen LogP contribution in [0.15, 0.2) is 18.2 Å². The third-order valence-electron chi connectivity index (χ3n) is 4.12. The van der Waals surface area contributed by atoms with Crippen molar-refractivity contribution in [2.24, 2.45) is 0 Å². The highest BCUT2D eigenvalue weighted by atomic mass is 35.5. The third-order valence-corrected chi connectivity index (χ3v) is 4.37. The number of carbonyl (C=O) groups excluding carboxylic acids is 2. The van der Waals surface area contributed by atoms with Gasteiger partial charge in [-0.05, 0) is 45.3 Å². The second kappa shape index (κ2) is 6.03. The molecule has 1 saturated heterocycles. The average molecular weight is 324 g/mol. The second-order valence-electron chi connectivity index (χ2n) is 6.23. The first-order valence-electron chi connectivity index (χ1n) is 7.01. The summed E-state index contributed by atoms with van der Waals surface area (Å²) in [7, 11) is -0.554. The topological polar surface area (TPSA) is 64.6 Å². The summed E-state index contributed by atoms with van der Waals surface area (Å²) in [4.78, 5) is 22.6. The Kier molecular flexibility index (Phi) is 4.66. The number of aldehydes is 1. The van der Waals surface area contributed by atoms with E-state index in [0.29, 0.717) is 17.5 Å². The Hall–Kier alpha value is -1.37.